The van der Waals surface area contributed by atoms with E-state index in [4.69, 9.17) is 10.5 Å². The molecular formula is C13H11F3N2O2. The molecule has 0 bridgehead atoms. The van der Waals surface area contributed by atoms with Crippen LogP contribution in [0.15, 0.2) is 36.7 Å². The minimum absolute atomic E-state index is 0.0954. The molecule has 0 aliphatic heterocycles. The number of nitrogens with two attached hydrogens (primary N) is 1. The summed E-state index contributed by atoms with van der Waals surface area (Å²) in [5.74, 6) is 0.0513. The van der Waals surface area contributed by atoms with Crippen molar-refractivity contribution in [3.05, 3.63) is 36.7 Å². The third-order valence-electron chi connectivity index (χ3n) is 2.52. The molecule has 2 rings (SSSR count). The van der Waals surface area contributed by atoms with Crippen LogP contribution in [0, 0.1) is 0 Å². The summed E-state index contributed by atoms with van der Waals surface area (Å²) in [6.07, 6.45) is -1.79. The maximum absolute atomic E-state index is 12.3. The lowest BCUT2D eigenvalue weighted by atomic mass is 10.1. The largest absolute Gasteiger partial charge is 0.573 e. The van der Waals surface area contributed by atoms with Gasteiger partial charge in [0.2, 0.25) is 0 Å². The third kappa shape index (κ3) is 3.31. The molecule has 1 heterocycles. The van der Waals surface area contributed by atoms with E-state index in [9.17, 15) is 13.2 Å². The lowest BCUT2D eigenvalue weighted by Crippen LogP contribution is -2.18. The second-order valence-electron chi connectivity index (χ2n) is 3.91. The van der Waals surface area contributed by atoms with E-state index in [1.54, 1.807) is 12.1 Å². The van der Waals surface area contributed by atoms with Crippen molar-refractivity contribution in [2.45, 2.75) is 6.36 Å². The van der Waals surface area contributed by atoms with E-state index in [1.807, 2.05) is 0 Å². The Morgan fingerprint density at radius 1 is 1.10 bits per heavy atom. The van der Waals surface area contributed by atoms with Crippen LogP contribution in [0.2, 0.25) is 0 Å². The fraction of sp³-hybridized carbons (Fsp3) is 0.154. The van der Waals surface area contributed by atoms with Crippen molar-refractivity contribution in [2.24, 2.45) is 0 Å². The van der Waals surface area contributed by atoms with Gasteiger partial charge in [0.1, 0.15) is 5.75 Å². The maximum atomic E-state index is 12.3. The van der Waals surface area contributed by atoms with Gasteiger partial charge in [-0.05, 0) is 23.8 Å². The number of nitrogen functional groups attached to an aromatic ring is 1. The molecule has 0 saturated carbocycles. The fourth-order valence-electron chi connectivity index (χ4n) is 1.62. The van der Waals surface area contributed by atoms with Gasteiger partial charge in [-0.15, -0.1) is 13.2 Å². The minimum Gasteiger partial charge on any atom is -0.495 e. The Hall–Kier alpha value is -2.44. The van der Waals surface area contributed by atoms with Gasteiger partial charge in [0.15, 0.2) is 5.75 Å². The van der Waals surface area contributed by atoms with Gasteiger partial charge in [-0.25, -0.2) is 0 Å². The van der Waals surface area contributed by atoms with Gasteiger partial charge in [0.05, 0.1) is 19.0 Å². The number of aromatic nitrogens is 1. The molecule has 0 aliphatic carbocycles. The Balaban J connectivity index is 2.40. The normalized spacial score (nSPS) is 11.2. The number of ether oxygens (including phenoxy) is 2. The Morgan fingerprint density at radius 3 is 2.50 bits per heavy atom. The van der Waals surface area contributed by atoms with E-state index in [-0.39, 0.29) is 5.69 Å². The molecule has 2 aromatic rings. The smallest absolute Gasteiger partial charge is 0.495 e. The van der Waals surface area contributed by atoms with Crippen LogP contribution in [-0.2, 0) is 0 Å². The molecule has 4 nitrogen and oxygen atoms in total. The first kappa shape index (κ1) is 14.0. The highest BCUT2D eigenvalue weighted by Gasteiger charge is 2.32. The molecule has 0 aliphatic rings. The highest BCUT2D eigenvalue weighted by atomic mass is 19.4. The van der Waals surface area contributed by atoms with Crippen LogP contribution in [0.3, 0.4) is 0 Å². The van der Waals surface area contributed by atoms with Crippen LogP contribution in [-0.4, -0.2) is 18.5 Å². The van der Waals surface area contributed by atoms with E-state index in [0.717, 1.165) is 0 Å². The SMILES string of the molecule is COc1cncc(-c2ccc(N)c(OC(F)(F)F)c2)c1. The molecule has 0 amide bonds. The van der Waals surface area contributed by atoms with Crippen LogP contribution in [0.4, 0.5) is 18.9 Å². The number of benzene rings is 1. The van der Waals surface area contributed by atoms with E-state index in [2.05, 4.69) is 9.72 Å². The van der Waals surface area contributed by atoms with Crippen molar-refractivity contribution in [2.75, 3.05) is 12.8 Å². The number of rotatable bonds is 3. The Labute approximate surface area is 113 Å². The number of anilines is 1. The zero-order chi connectivity index (χ0) is 14.8. The van der Waals surface area contributed by atoms with Gasteiger partial charge in [-0.2, -0.15) is 0 Å². The van der Waals surface area contributed by atoms with Crippen molar-refractivity contribution < 1.29 is 22.6 Å². The highest BCUT2D eigenvalue weighted by Crippen LogP contribution is 2.33. The molecule has 106 valence electrons. The van der Waals surface area contributed by atoms with Gasteiger partial charge in [0, 0.05) is 11.8 Å². The molecule has 0 spiro atoms. The first-order valence-corrected chi connectivity index (χ1v) is 5.54. The molecule has 1 aromatic carbocycles. The lowest BCUT2D eigenvalue weighted by Gasteiger charge is -2.12. The first-order valence-electron chi connectivity index (χ1n) is 5.54. The fourth-order valence-corrected chi connectivity index (χ4v) is 1.62. The molecule has 7 heteroatoms. The quantitative estimate of drug-likeness (QED) is 0.879. The van der Waals surface area contributed by atoms with Crippen molar-refractivity contribution >= 4 is 5.69 Å². The van der Waals surface area contributed by atoms with Crippen LogP contribution in [0.5, 0.6) is 11.5 Å². The summed E-state index contributed by atoms with van der Waals surface area (Å²) < 4.78 is 45.7. The topological polar surface area (TPSA) is 57.4 Å². The van der Waals surface area contributed by atoms with Crippen LogP contribution < -0.4 is 15.2 Å². The predicted octanol–water partition coefficient (Wildman–Crippen LogP) is 3.24. The second-order valence-corrected chi connectivity index (χ2v) is 3.91. The van der Waals surface area contributed by atoms with E-state index < -0.39 is 12.1 Å². The predicted molar refractivity (Wildman–Crippen MR) is 67.3 cm³/mol. The van der Waals surface area contributed by atoms with Gasteiger partial charge < -0.3 is 15.2 Å². The minimum atomic E-state index is -4.79. The average Bonchev–Trinajstić information content (AvgIpc) is 2.40. The Morgan fingerprint density at radius 2 is 1.85 bits per heavy atom. The molecule has 0 radical (unpaired) electrons. The zero-order valence-corrected chi connectivity index (χ0v) is 10.4. The summed E-state index contributed by atoms with van der Waals surface area (Å²) >= 11 is 0. The number of nitrogens with zero attached hydrogens (tertiary/aromatic N) is 1. The number of pyridine rings is 1. The molecule has 20 heavy (non-hydrogen) atoms. The highest BCUT2D eigenvalue weighted by molar-refractivity contribution is 5.70. The van der Waals surface area contributed by atoms with Crippen molar-refractivity contribution in [3.63, 3.8) is 0 Å². The maximum Gasteiger partial charge on any atom is 0.573 e. The van der Waals surface area contributed by atoms with Crippen molar-refractivity contribution in [1.82, 2.24) is 4.98 Å². The number of alkyl halides is 3. The van der Waals surface area contributed by atoms with E-state index >= 15 is 0 Å². The second kappa shape index (κ2) is 5.28. The summed E-state index contributed by atoms with van der Waals surface area (Å²) in [4.78, 5) is 3.94. The average molecular weight is 284 g/mol. The summed E-state index contributed by atoms with van der Waals surface area (Å²) in [6.45, 7) is 0. The number of halogens is 3. The zero-order valence-electron chi connectivity index (χ0n) is 10.4. The third-order valence-corrected chi connectivity index (χ3v) is 2.52. The molecule has 0 saturated heterocycles. The number of hydrogen-bond acceptors (Lipinski definition) is 4. The van der Waals surface area contributed by atoms with Crippen LogP contribution in [0.1, 0.15) is 0 Å². The monoisotopic (exact) mass is 284 g/mol. The van der Waals surface area contributed by atoms with Crippen molar-refractivity contribution in [3.8, 4) is 22.6 Å². The molecule has 0 atom stereocenters. The molecule has 0 fully saturated rings. The lowest BCUT2D eigenvalue weighted by molar-refractivity contribution is -0.274. The van der Waals surface area contributed by atoms with E-state index in [0.29, 0.717) is 16.9 Å². The molecule has 1 aromatic heterocycles. The Kier molecular flexibility index (Phi) is 3.69. The Bertz CT molecular complexity index is 615. The molecule has 0 unspecified atom stereocenters. The standard InChI is InChI=1S/C13H11F3N2O2/c1-19-10-4-9(6-18-7-10)8-2-3-11(17)12(5-8)20-13(14,15)16/h2-7H,17H2,1H3. The molecule has 2 N–H and O–H groups in total. The van der Waals surface area contributed by atoms with Gasteiger partial charge in [-0.3, -0.25) is 4.98 Å². The molecular weight excluding hydrogens is 273 g/mol. The number of hydrogen-bond donors (Lipinski definition) is 1. The van der Waals surface area contributed by atoms with Gasteiger partial charge >= 0.3 is 6.36 Å². The van der Waals surface area contributed by atoms with Crippen LogP contribution in [0.25, 0.3) is 11.1 Å². The summed E-state index contributed by atoms with van der Waals surface area (Å²) in [5.41, 5.74) is 6.45. The van der Waals surface area contributed by atoms with Gasteiger partial charge in [0.25, 0.3) is 0 Å². The van der Waals surface area contributed by atoms with E-state index in [1.165, 1.54) is 31.6 Å². The summed E-state index contributed by atoms with van der Waals surface area (Å²) in [5, 5.41) is 0. The summed E-state index contributed by atoms with van der Waals surface area (Å²) in [7, 11) is 1.47. The summed E-state index contributed by atoms with van der Waals surface area (Å²) in [6, 6.07) is 5.78. The van der Waals surface area contributed by atoms with Crippen molar-refractivity contribution in [1.29, 1.82) is 0 Å². The van der Waals surface area contributed by atoms with Crippen LogP contribution >= 0.6 is 0 Å². The first-order chi connectivity index (χ1) is 9.39. The van der Waals surface area contributed by atoms with Gasteiger partial charge in [-0.1, -0.05) is 6.07 Å². The number of methoxy groups -OCH3 is 1.